The molecule has 0 bridgehead atoms. The molecule has 2 aromatic heterocycles. The molecule has 0 saturated carbocycles. The Morgan fingerprint density at radius 1 is 1.25 bits per heavy atom. The molecule has 0 atom stereocenters. The number of H-pyrrole nitrogens is 1. The Bertz CT molecular complexity index is 656. The largest absolute Gasteiger partial charge is 0.361 e. The molecular formula is C12H7BrFNS. The van der Waals surface area contributed by atoms with Crippen LogP contribution < -0.4 is 0 Å². The van der Waals surface area contributed by atoms with E-state index in [4.69, 9.17) is 0 Å². The second-order valence-electron chi connectivity index (χ2n) is 3.52. The summed E-state index contributed by atoms with van der Waals surface area (Å²) in [4.78, 5) is 4.13. The topological polar surface area (TPSA) is 15.8 Å². The number of rotatable bonds is 1. The van der Waals surface area contributed by atoms with Crippen LogP contribution in [0.1, 0.15) is 0 Å². The van der Waals surface area contributed by atoms with Gasteiger partial charge in [-0.3, -0.25) is 0 Å². The van der Waals surface area contributed by atoms with Crippen molar-refractivity contribution in [2.24, 2.45) is 0 Å². The number of hydrogen-bond donors (Lipinski definition) is 1. The molecular weight excluding hydrogens is 289 g/mol. The van der Waals surface area contributed by atoms with Crippen molar-refractivity contribution in [1.29, 1.82) is 0 Å². The first-order valence-corrected chi connectivity index (χ1v) is 6.42. The molecule has 0 aliphatic carbocycles. The van der Waals surface area contributed by atoms with Gasteiger partial charge in [0, 0.05) is 37.4 Å². The number of thiophene rings is 1. The first kappa shape index (κ1) is 10.1. The number of aromatic nitrogens is 1. The van der Waals surface area contributed by atoms with E-state index in [9.17, 15) is 4.39 Å². The number of benzene rings is 1. The number of hydrogen-bond acceptors (Lipinski definition) is 1. The van der Waals surface area contributed by atoms with Gasteiger partial charge in [-0.25, -0.2) is 4.39 Å². The average molecular weight is 296 g/mol. The summed E-state index contributed by atoms with van der Waals surface area (Å²) in [5, 5.41) is 2.63. The van der Waals surface area contributed by atoms with Gasteiger partial charge in [0.2, 0.25) is 0 Å². The van der Waals surface area contributed by atoms with E-state index in [-0.39, 0.29) is 5.82 Å². The van der Waals surface area contributed by atoms with Gasteiger partial charge in [-0.1, -0.05) is 15.9 Å². The monoisotopic (exact) mass is 295 g/mol. The molecule has 0 saturated heterocycles. The molecule has 0 radical (unpaired) electrons. The molecule has 0 spiro atoms. The van der Waals surface area contributed by atoms with Crippen LogP contribution in [0, 0.1) is 5.82 Å². The first-order chi connectivity index (χ1) is 7.74. The highest BCUT2D eigenvalue weighted by atomic mass is 79.9. The van der Waals surface area contributed by atoms with Gasteiger partial charge in [0.05, 0.1) is 0 Å². The number of aromatic amines is 1. The molecule has 2 heterocycles. The molecule has 0 aliphatic rings. The van der Waals surface area contributed by atoms with Crippen molar-refractivity contribution in [1.82, 2.24) is 4.98 Å². The lowest BCUT2D eigenvalue weighted by atomic mass is 10.1. The minimum atomic E-state index is -0.177. The van der Waals surface area contributed by atoms with Crippen LogP contribution in [0.2, 0.25) is 0 Å². The van der Waals surface area contributed by atoms with Crippen molar-refractivity contribution in [3.8, 4) is 10.4 Å². The van der Waals surface area contributed by atoms with Gasteiger partial charge in [0.15, 0.2) is 0 Å². The van der Waals surface area contributed by atoms with Crippen LogP contribution in [0.5, 0.6) is 0 Å². The molecule has 1 aromatic carbocycles. The lowest BCUT2D eigenvalue weighted by Gasteiger charge is -1.95. The fourth-order valence-electron chi connectivity index (χ4n) is 1.75. The maximum absolute atomic E-state index is 13.0. The van der Waals surface area contributed by atoms with Crippen LogP contribution in [0.25, 0.3) is 21.3 Å². The molecule has 3 rings (SSSR count). The van der Waals surface area contributed by atoms with Crippen molar-refractivity contribution >= 4 is 38.2 Å². The second kappa shape index (κ2) is 3.71. The standard InChI is InChI=1S/C12H7BrFNS/c13-7-1-2-11-9(3-7)10(5-15-11)12-4-8(14)6-16-12/h1-6,15H. The molecule has 80 valence electrons. The summed E-state index contributed by atoms with van der Waals surface area (Å²) in [6, 6.07) is 7.59. The average Bonchev–Trinajstić information content (AvgIpc) is 2.83. The lowest BCUT2D eigenvalue weighted by molar-refractivity contribution is 0.634. The maximum Gasteiger partial charge on any atom is 0.134 e. The van der Waals surface area contributed by atoms with Gasteiger partial charge in [-0.05, 0) is 24.3 Å². The number of fused-ring (bicyclic) bond motifs is 1. The number of halogens is 2. The highest BCUT2D eigenvalue weighted by Gasteiger charge is 2.08. The van der Waals surface area contributed by atoms with Crippen LogP contribution in [-0.4, -0.2) is 4.98 Å². The normalized spacial score (nSPS) is 11.1. The molecule has 0 unspecified atom stereocenters. The van der Waals surface area contributed by atoms with Gasteiger partial charge in [-0.15, -0.1) is 11.3 Å². The van der Waals surface area contributed by atoms with E-state index >= 15 is 0 Å². The predicted octanol–water partition coefficient (Wildman–Crippen LogP) is 4.80. The zero-order valence-corrected chi connectivity index (χ0v) is 10.5. The Morgan fingerprint density at radius 2 is 2.12 bits per heavy atom. The molecule has 0 amide bonds. The van der Waals surface area contributed by atoms with Gasteiger partial charge in [0.25, 0.3) is 0 Å². The Hall–Kier alpha value is -1.13. The van der Waals surface area contributed by atoms with Gasteiger partial charge in [-0.2, -0.15) is 0 Å². The van der Waals surface area contributed by atoms with E-state index in [1.807, 2.05) is 24.4 Å². The Kier molecular flexibility index (Phi) is 2.33. The Labute approximate surface area is 104 Å². The zero-order valence-electron chi connectivity index (χ0n) is 8.13. The lowest BCUT2D eigenvalue weighted by Crippen LogP contribution is -1.70. The van der Waals surface area contributed by atoms with Gasteiger partial charge >= 0.3 is 0 Å². The summed E-state index contributed by atoms with van der Waals surface area (Å²) in [5.74, 6) is -0.177. The van der Waals surface area contributed by atoms with Crippen molar-refractivity contribution in [3.05, 3.63) is 46.1 Å². The molecule has 1 N–H and O–H groups in total. The summed E-state index contributed by atoms with van der Waals surface area (Å²) in [6.07, 6.45) is 1.92. The van der Waals surface area contributed by atoms with E-state index < -0.39 is 0 Å². The van der Waals surface area contributed by atoms with E-state index in [1.54, 1.807) is 6.07 Å². The number of nitrogens with one attached hydrogen (secondary N) is 1. The van der Waals surface area contributed by atoms with Crippen LogP contribution in [0.4, 0.5) is 4.39 Å². The first-order valence-electron chi connectivity index (χ1n) is 4.75. The van der Waals surface area contributed by atoms with E-state index in [1.165, 1.54) is 16.7 Å². The van der Waals surface area contributed by atoms with Crippen molar-refractivity contribution in [2.75, 3.05) is 0 Å². The minimum absolute atomic E-state index is 0.177. The van der Waals surface area contributed by atoms with Crippen molar-refractivity contribution < 1.29 is 4.39 Å². The zero-order chi connectivity index (χ0) is 11.1. The molecule has 16 heavy (non-hydrogen) atoms. The summed E-state index contributed by atoms with van der Waals surface area (Å²) >= 11 is 4.86. The van der Waals surface area contributed by atoms with Gasteiger partial charge < -0.3 is 4.98 Å². The molecule has 4 heteroatoms. The second-order valence-corrected chi connectivity index (χ2v) is 5.35. The summed E-state index contributed by atoms with van der Waals surface area (Å²) in [5.41, 5.74) is 2.11. The van der Waals surface area contributed by atoms with Crippen molar-refractivity contribution in [3.63, 3.8) is 0 Å². The Morgan fingerprint density at radius 3 is 2.88 bits per heavy atom. The Balaban J connectivity index is 2.27. The minimum Gasteiger partial charge on any atom is -0.361 e. The highest BCUT2D eigenvalue weighted by molar-refractivity contribution is 9.10. The molecule has 3 aromatic rings. The summed E-state index contributed by atoms with van der Waals surface area (Å²) < 4.78 is 14.0. The summed E-state index contributed by atoms with van der Waals surface area (Å²) in [7, 11) is 0. The fourth-order valence-corrected chi connectivity index (χ4v) is 2.90. The van der Waals surface area contributed by atoms with Crippen LogP contribution in [-0.2, 0) is 0 Å². The maximum atomic E-state index is 13.0. The van der Waals surface area contributed by atoms with E-state index in [2.05, 4.69) is 20.9 Å². The van der Waals surface area contributed by atoms with E-state index in [0.29, 0.717) is 0 Å². The van der Waals surface area contributed by atoms with Crippen LogP contribution >= 0.6 is 27.3 Å². The smallest absolute Gasteiger partial charge is 0.134 e. The third-order valence-electron chi connectivity index (χ3n) is 2.48. The third-order valence-corrected chi connectivity index (χ3v) is 3.90. The SMILES string of the molecule is Fc1csc(-c2c[nH]c3ccc(Br)cc23)c1. The summed E-state index contributed by atoms with van der Waals surface area (Å²) in [6.45, 7) is 0. The van der Waals surface area contributed by atoms with Crippen LogP contribution in [0.3, 0.4) is 0 Å². The highest BCUT2D eigenvalue weighted by Crippen LogP contribution is 2.33. The fraction of sp³-hybridized carbons (Fsp3) is 0. The quantitative estimate of drug-likeness (QED) is 0.664. The molecule has 0 aliphatic heterocycles. The third kappa shape index (κ3) is 1.58. The van der Waals surface area contributed by atoms with Gasteiger partial charge in [0.1, 0.15) is 5.82 Å². The molecule has 1 nitrogen and oxygen atoms in total. The van der Waals surface area contributed by atoms with E-state index in [0.717, 1.165) is 25.8 Å². The molecule has 0 fully saturated rings. The van der Waals surface area contributed by atoms with Crippen molar-refractivity contribution in [2.45, 2.75) is 0 Å². The predicted molar refractivity (Wildman–Crippen MR) is 69.3 cm³/mol. The van der Waals surface area contributed by atoms with Crippen LogP contribution in [0.15, 0.2) is 40.3 Å².